The molecule has 1 aromatic heterocycles. The Morgan fingerprint density at radius 3 is 2.61 bits per heavy atom. The maximum Gasteiger partial charge on any atom is 0.261 e. The van der Waals surface area contributed by atoms with E-state index in [2.05, 4.69) is 5.32 Å². The molecular weight excluding hydrogens is 400 g/mol. The Morgan fingerprint density at radius 2 is 1.93 bits per heavy atom. The third-order valence-corrected chi connectivity index (χ3v) is 7.90. The van der Waals surface area contributed by atoms with Gasteiger partial charge in [-0.2, -0.15) is 4.31 Å². The Bertz CT molecular complexity index is 934. The maximum atomic E-state index is 12.6. The van der Waals surface area contributed by atoms with Crippen LogP contribution < -0.4 is 14.8 Å². The normalized spacial score (nSPS) is 14.8. The molecule has 152 valence electrons. The number of methoxy groups -OCH3 is 1. The van der Waals surface area contributed by atoms with E-state index >= 15 is 0 Å². The number of rotatable bonds is 8. The van der Waals surface area contributed by atoms with E-state index in [0.29, 0.717) is 42.6 Å². The fourth-order valence-corrected chi connectivity index (χ4v) is 5.90. The van der Waals surface area contributed by atoms with E-state index < -0.39 is 10.0 Å². The molecule has 1 saturated heterocycles. The van der Waals surface area contributed by atoms with Gasteiger partial charge >= 0.3 is 0 Å². The molecule has 0 spiro atoms. The first-order chi connectivity index (χ1) is 13.5. The van der Waals surface area contributed by atoms with Crippen molar-refractivity contribution in [2.45, 2.75) is 30.5 Å². The number of benzene rings is 1. The second-order valence-corrected chi connectivity index (χ2v) is 9.58. The number of nitrogens with zero attached hydrogens (tertiary/aromatic N) is 1. The summed E-state index contributed by atoms with van der Waals surface area (Å²) < 4.78 is 37.7. The Balaban J connectivity index is 1.65. The summed E-state index contributed by atoms with van der Waals surface area (Å²) >= 11 is 1.00. The highest BCUT2D eigenvalue weighted by atomic mass is 32.2. The smallest absolute Gasteiger partial charge is 0.261 e. The largest absolute Gasteiger partial charge is 0.493 e. The Morgan fingerprint density at radius 1 is 1.18 bits per heavy atom. The van der Waals surface area contributed by atoms with Gasteiger partial charge in [-0.05, 0) is 49.6 Å². The quantitative estimate of drug-likeness (QED) is 0.704. The number of carbonyl (C=O) groups excluding carboxylic acids is 1. The highest BCUT2D eigenvalue weighted by molar-refractivity contribution is 7.91. The molecule has 0 unspecified atom stereocenters. The predicted octanol–water partition coefficient (Wildman–Crippen LogP) is 2.87. The summed E-state index contributed by atoms with van der Waals surface area (Å²) in [6.07, 6.45) is 1.76. The number of amides is 1. The number of ether oxygens (including phenoxy) is 2. The van der Waals surface area contributed by atoms with Crippen LogP contribution in [0.4, 0.5) is 0 Å². The number of sulfonamides is 1. The summed E-state index contributed by atoms with van der Waals surface area (Å²) in [5, 5.41) is 2.82. The zero-order chi connectivity index (χ0) is 20.1. The molecule has 1 aliphatic rings. The minimum Gasteiger partial charge on any atom is -0.493 e. The van der Waals surface area contributed by atoms with E-state index in [1.807, 2.05) is 19.1 Å². The number of carbonyl (C=O) groups is 1. The second kappa shape index (κ2) is 8.93. The number of hydrogen-bond donors (Lipinski definition) is 1. The van der Waals surface area contributed by atoms with Crippen molar-refractivity contribution in [3.05, 3.63) is 40.8 Å². The topological polar surface area (TPSA) is 84.9 Å². The molecule has 28 heavy (non-hydrogen) atoms. The molecule has 0 atom stereocenters. The summed E-state index contributed by atoms with van der Waals surface area (Å²) in [4.78, 5) is 12.8. The molecular formula is C19H24N2O5S2. The molecule has 1 N–H and O–H groups in total. The Kier molecular flexibility index (Phi) is 6.58. The maximum absolute atomic E-state index is 12.6. The molecule has 3 rings (SSSR count). The molecule has 0 aliphatic carbocycles. The van der Waals surface area contributed by atoms with Crippen LogP contribution in [0.1, 0.15) is 35.0 Å². The van der Waals surface area contributed by atoms with Gasteiger partial charge in [-0.25, -0.2) is 8.42 Å². The van der Waals surface area contributed by atoms with Gasteiger partial charge in [0.2, 0.25) is 0 Å². The summed E-state index contributed by atoms with van der Waals surface area (Å²) in [7, 11) is -1.93. The molecule has 0 saturated carbocycles. The van der Waals surface area contributed by atoms with Crippen molar-refractivity contribution in [1.82, 2.24) is 9.62 Å². The van der Waals surface area contributed by atoms with Crippen molar-refractivity contribution < 1.29 is 22.7 Å². The summed E-state index contributed by atoms with van der Waals surface area (Å²) in [5.74, 6) is 0.944. The van der Waals surface area contributed by atoms with Gasteiger partial charge in [0, 0.05) is 19.6 Å². The van der Waals surface area contributed by atoms with Crippen LogP contribution in [-0.4, -0.2) is 45.4 Å². The molecule has 9 heteroatoms. The molecule has 0 radical (unpaired) electrons. The fourth-order valence-electron chi connectivity index (χ4n) is 3.00. The lowest BCUT2D eigenvalue weighted by Crippen LogP contribution is -2.27. The lowest BCUT2D eigenvalue weighted by Gasteiger charge is -2.13. The van der Waals surface area contributed by atoms with Crippen LogP contribution in [0.3, 0.4) is 0 Å². The van der Waals surface area contributed by atoms with Crippen molar-refractivity contribution in [3.63, 3.8) is 0 Å². The zero-order valence-corrected chi connectivity index (χ0v) is 17.6. The molecule has 1 aliphatic heterocycles. The molecule has 1 fully saturated rings. The minimum absolute atomic E-state index is 0.210. The first-order valence-electron chi connectivity index (χ1n) is 9.13. The summed E-state index contributed by atoms with van der Waals surface area (Å²) in [6, 6.07) is 8.53. The SMILES string of the molecule is CCOc1ccc(CNC(=O)c2ccc(S(=O)(=O)N3CCCC3)s2)cc1OC. The van der Waals surface area contributed by atoms with Crippen LogP contribution >= 0.6 is 11.3 Å². The Hall–Kier alpha value is -2.10. The van der Waals surface area contributed by atoms with Crippen LogP contribution in [0.2, 0.25) is 0 Å². The Labute approximate surface area is 169 Å². The van der Waals surface area contributed by atoms with E-state index in [4.69, 9.17) is 9.47 Å². The number of thiophene rings is 1. The van der Waals surface area contributed by atoms with Gasteiger partial charge in [0.1, 0.15) is 4.21 Å². The van der Waals surface area contributed by atoms with Crippen molar-refractivity contribution in [2.75, 3.05) is 26.8 Å². The molecule has 7 nitrogen and oxygen atoms in total. The second-order valence-electron chi connectivity index (χ2n) is 6.33. The molecule has 2 aromatic rings. The average molecular weight is 425 g/mol. The van der Waals surface area contributed by atoms with E-state index in [1.54, 1.807) is 19.2 Å². The number of nitrogens with one attached hydrogen (secondary N) is 1. The fraction of sp³-hybridized carbons (Fsp3) is 0.421. The minimum atomic E-state index is -3.50. The highest BCUT2D eigenvalue weighted by Crippen LogP contribution is 2.29. The van der Waals surface area contributed by atoms with Crippen molar-refractivity contribution >= 4 is 27.3 Å². The van der Waals surface area contributed by atoms with Crippen molar-refractivity contribution in [2.24, 2.45) is 0 Å². The third-order valence-electron chi connectivity index (χ3n) is 4.45. The van der Waals surface area contributed by atoms with Crippen molar-refractivity contribution in [1.29, 1.82) is 0 Å². The van der Waals surface area contributed by atoms with Gasteiger partial charge < -0.3 is 14.8 Å². The first kappa shape index (κ1) is 20.6. The number of hydrogen-bond acceptors (Lipinski definition) is 6. The van der Waals surface area contributed by atoms with Crippen molar-refractivity contribution in [3.8, 4) is 11.5 Å². The third kappa shape index (κ3) is 4.48. The van der Waals surface area contributed by atoms with Gasteiger partial charge in [-0.3, -0.25) is 4.79 Å². The average Bonchev–Trinajstić information content (AvgIpc) is 3.39. The van der Waals surface area contributed by atoms with Gasteiger partial charge in [-0.1, -0.05) is 6.07 Å². The van der Waals surface area contributed by atoms with E-state index in [0.717, 1.165) is 29.7 Å². The van der Waals surface area contributed by atoms with Gasteiger partial charge in [-0.15, -0.1) is 11.3 Å². The standard InChI is InChI=1S/C19H24N2O5S2/c1-3-26-15-7-6-14(12-16(15)25-2)13-20-19(22)17-8-9-18(27-17)28(23,24)21-10-4-5-11-21/h6-9,12H,3-5,10-11,13H2,1-2H3,(H,20,22). The molecule has 0 bridgehead atoms. The molecule has 1 amide bonds. The molecule has 1 aromatic carbocycles. The van der Waals surface area contributed by atoms with Gasteiger partial charge in [0.15, 0.2) is 11.5 Å². The summed E-state index contributed by atoms with van der Waals surface area (Å²) in [5.41, 5.74) is 0.857. The lowest BCUT2D eigenvalue weighted by molar-refractivity contribution is 0.0955. The van der Waals surface area contributed by atoms with Crippen LogP contribution in [0, 0.1) is 0 Å². The van der Waals surface area contributed by atoms with Gasteiger partial charge in [0.25, 0.3) is 15.9 Å². The predicted molar refractivity (Wildman–Crippen MR) is 108 cm³/mol. The monoisotopic (exact) mass is 424 g/mol. The van der Waals surface area contributed by atoms with Crippen LogP contribution in [-0.2, 0) is 16.6 Å². The van der Waals surface area contributed by atoms with Crippen LogP contribution in [0.5, 0.6) is 11.5 Å². The summed E-state index contributed by atoms with van der Waals surface area (Å²) in [6.45, 7) is 3.82. The first-order valence-corrected chi connectivity index (χ1v) is 11.4. The van der Waals surface area contributed by atoms with Crippen LogP contribution in [0.25, 0.3) is 0 Å². The van der Waals surface area contributed by atoms with E-state index in [9.17, 15) is 13.2 Å². The molecule has 2 heterocycles. The van der Waals surface area contributed by atoms with Crippen LogP contribution in [0.15, 0.2) is 34.5 Å². The van der Waals surface area contributed by atoms with E-state index in [1.165, 1.54) is 10.4 Å². The zero-order valence-electron chi connectivity index (χ0n) is 15.9. The van der Waals surface area contributed by atoms with E-state index in [-0.39, 0.29) is 10.1 Å². The highest BCUT2D eigenvalue weighted by Gasteiger charge is 2.29. The van der Waals surface area contributed by atoms with Gasteiger partial charge in [0.05, 0.1) is 18.6 Å². The lowest BCUT2D eigenvalue weighted by atomic mass is 10.2.